The van der Waals surface area contributed by atoms with Gasteiger partial charge in [-0.15, -0.1) is 0 Å². The minimum absolute atomic E-state index is 0.0638. The Bertz CT molecular complexity index is 870. The fourth-order valence-corrected chi connectivity index (χ4v) is 10.7. The minimum Gasteiger partial charge on any atom is -0.396 e. The van der Waals surface area contributed by atoms with Crippen molar-refractivity contribution in [1.82, 2.24) is 0 Å². The fourth-order valence-electron chi connectivity index (χ4n) is 10.7. The van der Waals surface area contributed by atoms with E-state index in [4.69, 9.17) is 0 Å². The molecule has 11 atom stereocenters. The molecular formula is C30H50O4. The Hall–Kier alpha value is -0.420. The molecule has 0 bridgehead atoms. The van der Waals surface area contributed by atoms with Gasteiger partial charge in [0.2, 0.25) is 0 Å². The molecule has 0 aliphatic heterocycles. The van der Waals surface area contributed by atoms with Gasteiger partial charge in [-0.3, -0.25) is 0 Å². The molecule has 4 N–H and O–H groups in total. The molecule has 0 spiro atoms. The topological polar surface area (TPSA) is 80.9 Å². The summed E-state index contributed by atoms with van der Waals surface area (Å²) in [7, 11) is 0. The Morgan fingerprint density at radius 3 is 2.12 bits per heavy atom. The van der Waals surface area contributed by atoms with Gasteiger partial charge in [0.25, 0.3) is 0 Å². The van der Waals surface area contributed by atoms with Crippen LogP contribution in [0.5, 0.6) is 0 Å². The highest BCUT2D eigenvalue weighted by atomic mass is 16.3. The van der Waals surface area contributed by atoms with E-state index in [0.717, 1.165) is 51.4 Å². The van der Waals surface area contributed by atoms with E-state index in [1.54, 1.807) is 5.57 Å². The van der Waals surface area contributed by atoms with Crippen molar-refractivity contribution in [3.8, 4) is 0 Å². The summed E-state index contributed by atoms with van der Waals surface area (Å²) in [6, 6.07) is 0. The molecule has 0 aromatic rings. The molecule has 4 saturated carbocycles. The number of aliphatic hydroxyl groups is 4. The highest BCUT2D eigenvalue weighted by Gasteiger charge is 2.69. The summed E-state index contributed by atoms with van der Waals surface area (Å²) in [4.78, 5) is 0. The van der Waals surface area contributed by atoms with E-state index < -0.39 is 11.5 Å². The molecule has 0 aromatic carbocycles. The van der Waals surface area contributed by atoms with Crippen LogP contribution in [0, 0.1) is 50.2 Å². The van der Waals surface area contributed by atoms with Crippen LogP contribution < -0.4 is 0 Å². The van der Waals surface area contributed by atoms with Crippen molar-refractivity contribution in [1.29, 1.82) is 0 Å². The molecule has 5 aliphatic rings. The van der Waals surface area contributed by atoms with Crippen molar-refractivity contribution in [2.45, 2.75) is 112 Å². The number of hydrogen-bond acceptors (Lipinski definition) is 4. The van der Waals surface area contributed by atoms with E-state index in [1.807, 2.05) is 0 Å². The van der Waals surface area contributed by atoms with E-state index in [1.165, 1.54) is 0 Å². The first kappa shape index (κ1) is 25.2. The maximum atomic E-state index is 11.3. The summed E-state index contributed by atoms with van der Waals surface area (Å²) < 4.78 is 0. The molecule has 4 fully saturated rings. The monoisotopic (exact) mass is 474 g/mol. The number of allylic oxidation sites excluding steroid dienone is 2. The molecule has 5 aliphatic carbocycles. The van der Waals surface area contributed by atoms with Crippen LogP contribution in [0.2, 0.25) is 0 Å². The molecular weight excluding hydrogens is 424 g/mol. The molecule has 0 unspecified atom stereocenters. The number of rotatable bonds is 2. The Kier molecular flexibility index (Phi) is 5.61. The Morgan fingerprint density at radius 1 is 0.765 bits per heavy atom. The van der Waals surface area contributed by atoms with Gasteiger partial charge in [0.1, 0.15) is 0 Å². The smallest absolute Gasteiger partial charge is 0.0618 e. The Labute approximate surface area is 207 Å². The second-order valence-electron chi connectivity index (χ2n) is 15.0. The van der Waals surface area contributed by atoms with Crippen LogP contribution in [0.4, 0.5) is 0 Å². The van der Waals surface area contributed by atoms with Gasteiger partial charge in [0.05, 0.1) is 18.8 Å². The molecule has 0 amide bonds. The standard InChI is InChI=1S/C30H50O4/c1-25(17-31)15-20-19-7-8-22-27(3)11-10-23(33)28(4,18-32)21(27)9-12-30(22,6)29(19,5)14-13-26(20,2)24(34)16-25/h7,20-24,31-34H,8-18H2,1-6H3/t20-,21+,22+,23-,24+,25+,26+,27-,28+,29+,30+/m0/s1. The minimum atomic E-state index is -0.416. The summed E-state index contributed by atoms with van der Waals surface area (Å²) in [5.41, 5.74) is 1.21. The zero-order chi connectivity index (χ0) is 24.9. The van der Waals surface area contributed by atoms with Gasteiger partial charge >= 0.3 is 0 Å². The molecule has 34 heavy (non-hydrogen) atoms. The maximum Gasteiger partial charge on any atom is 0.0618 e. The van der Waals surface area contributed by atoms with E-state index in [-0.39, 0.29) is 46.4 Å². The third kappa shape index (κ3) is 2.92. The highest BCUT2D eigenvalue weighted by Crippen LogP contribution is 2.75. The van der Waals surface area contributed by atoms with Crippen molar-refractivity contribution < 1.29 is 20.4 Å². The van der Waals surface area contributed by atoms with Gasteiger partial charge in [-0.1, -0.05) is 53.2 Å². The van der Waals surface area contributed by atoms with Crippen molar-refractivity contribution in [3.63, 3.8) is 0 Å². The molecule has 194 valence electrons. The molecule has 4 nitrogen and oxygen atoms in total. The van der Waals surface area contributed by atoms with Gasteiger partial charge in [-0.05, 0) is 97.2 Å². The molecule has 0 aromatic heterocycles. The average molecular weight is 475 g/mol. The quantitative estimate of drug-likeness (QED) is 0.421. The fraction of sp³-hybridized carbons (Fsp3) is 0.933. The van der Waals surface area contributed by atoms with Crippen LogP contribution in [0.25, 0.3) is 0 Å². The lowest BCUT2D eigenvalue weighted by atomic mass is 9.33. The predicted molar refractivity (Wildman–Crippen MR) is 135 cm³/mol. The second-order valence-corrected chi connectivity index (χ2v) is 15.0. The van der Waals surface area contributed by atoms with Gasteiger partial charge in [-0.25, -0.2) is 0 Å². The van der Waals surface area contributed by atoms with Crippen LogP contribution in [-0.2, 0) is 0 Å². The third-order valence-electron chi connectivity index (χ3n) is 13.5. The first-order valence-electron chi connectivity index (χ1n) is 14.0. The average Bonchev–Trinajstić information content (AvgIpc) is 2.79. The van der Waals surface area contributed by atoms with Crippen molar-refractivity contribution >= 4 is 0 Å². The summed E-state index contributed by atoms with van der Waals surface area (Å²) in [6.07, 6.45) is 10.7. The van der Waals surface area contributed by atoms with Gasteiger partial charge in [0.15, 0.2) is 0 Å². The number of hydrogen-bond donors (Lipinski definition) is 4. The first-order valence-corrected chi connectivity index (χ1v) is 14.0. The van der Waals surface area contributed by atoms with Crippen molar-refractivity contribution in [2.24, 2.45) is 50.2 Å². The third-order valence-corrected chi connectivity index (χ3v) is 13.5. The van der Waals surface area contributed by atoms with Crippen molar-refractivity contribution in [2.75, 3.05) is 13.2 Å². The van der Waals surface area contributed by atoms with Crippen LogP contribution in [0.3, 0.4) is 0 Å². The van der Waals surface area contributed by atoms with Gasteiger partial charge < -0.3 is 20.4 Å². The maximum absolute atomic E-state index is 11.3. The zero-order valence-corrected chi connectivity index (χ0v) is 22.5. The largest absolute Gasteiger partial charge is 0.396 e. The first-order chi connectivity index (χ1) is 15.7. The van der Waals surface area contributed by atoms with Gasteiger partial charge in [0, 0.05) is 17.4 Å². The van der Waals surface area contributed by atoms with E-state index in [9.17, 15) is 20.4 Å². The van der Waals surface area contributed by atoms with E-state index in [0.29, 0.717) is 24.2 Å². The zero-order valence-electron chi connectivity index (χ0n) is 22.5. The normalized spacial score (nSPS) is 59.2. The van der Waals surface area contributed by atoms with Crippen LogP contribution >= 0.6 is 0 Å². The Balaban J connectivity index is 1.58. The molecule has 0 radical (unpaired) electrons. The van der Waals surface area contributed by atoms with Gasteiger partial charge in [-0.2, -0.15) is 0 Å². The number of aliphatic hydroxyl groups excluding tert-OH is 4. The van der Waals surface area contributed by atoms with Crippen LogP contribution in [-0.4, -0.2) is 45.8 Å². The second kappa shape index (κ2) is 7.55. The van der Waals surface area contributed by atoms with E-state index >= 15 is 0 Å². The van der Waals surface area contributed by atoms with Crippen LogP contribution in [0.15, 0.2) is 11.6 Å². The molecule has 0 heterocycles. The molecule has 0 saturated heterocycles. The molecule has 4 heteroatoms. The highest BCUT2D eigenvalue weighted by molar-refractivity contribution is 5.34. The SMILES string of the molecule is C[C@]1(CO)C[C@@H](O)[C@]2(C)CC[C@]3(C)C(=CC[C@@H]4[C@@]5(C)CC[C@H](O)[C@](C)(CO)[C@@H]5CC[C@]43C)[C@@H]2C1. The Morgan fingerprint density at radius 2 is 1.47 bits per heavy atom. The molecule has 5 rings (SSSR count). The summed E-state index contributed by atoms with van der Waals surface area (Å²) in [6.45, 7) is 14.3. The summed E-state index contributed by atoms with van der Waals surface area (Å²) in [5, 5.41) is 42.9. The van der Waals surface area contributed by atoms with Crippen LogP contribution in [0.1, 0.15) is 99.3 Å². The lowest BCUT2D eigenvalue weighted by Crippen LogP contribution is -2.66. The lowest BCUT2D eigenvalue weighted by molar-refractivity contribution is -0.219. The predicted octanol–water partition coefficient (Wildman–Crippen LogP) is 5.08. The number of fused-ring (bicyclic) bond motifs is 7. The van der Waals surface area contributed by atoms with E-state index in [2.05, 4.69) is 47.6 Å². The summed E-state index contributed by atoms with van der Waals surface area (Å²) in [5.74, 6) is 1.20. The lowest BCUT2D eigenvalue weighted by Gasteiger charge is -2.71. The van der Waals surface area contributed by atoms with Crippen molar-refractivity contribution in [3.05, 3.63) is 11.6 Å². The summed E-state index contributed by atoms with van der Waals surface area (Å²) >= 11 is 0.